The van der Waals surface area contributed by atoms with Gasteiger partial charge in [-0.2, -0.15) is 0 Å². The summed E-state index contributed by atoms with van der Waals surface area (Å²) >= 11 is 0. The summed E-state index contributed by atoms with van der Waals surface area (Å²) in [6.07, 6.45) is 1.54. The SMILES string of the molecule is COCc1ccc(CNC[C@H]2CCO[C@@H]2C(C)(C)C)cc1. The van der Waals surface area contributed by atoms with Gasteiger partial charge in [0.15, 0.2) is 0 Å². The Labute approximate surface area is 129 Å². The minimum atomic E-state index is 0.227. The van der Waals surface area contributed by atoms with E-state index in [9.17, 15) is 0 Å². The molecule has 2 rings (SSSR count). The summed E-state index contributed by atoms with van der Waals surface area (Å²) in [5.74, 6) is 0.623. The van der Waals surface area contributed by atoms with Crippen molar-refractivity contribution in [1.29, 1.82) is 0 Å². The maximum atomic E-state index is 5.92. The molecule has 3 nitrogen and oxygen atoms in total. The van der Waals surface area contributed by atoms with E-state index in [0.717, 1.165) is 19.7 Å². The van der Waals surface area contributed by atoms with Crippen molar-refractivity contribution in [1.82, 2.24) is 5.32 Å². The Morgan fingerprint density at radius 1 is 1.19 bits per heavy atom. The van der Waals surface area contributed by atoms with E-state index in [4.69, 9.17) is 9.47 Å². The summed E-state index contributed by atoms with van der Waals surface area (Å²) in [7, 11) is 1.73. The van der Waals surface area contributed by atoms with Crippen LogP contribution in [0.5, 0.6) is 0 Å². The van der Waals surface area contributed by atoms with Crippen LogP contribution in [0, 0.1) is 11.3 Å². The van der Waals surface area contributed by atoms with Gasteiger partial charge in [-0.05, 0) is 23.0 Å². The smallest absolute Gasteiger partial charge is 0.0713 e. The highest BCUT2D eigenvalue weighted by atomic mass is 16.5. The highest BCUT2D eigenvalue weighted by molar-refractivity contribution is 5.21. The van der Waals surface area contributed by atoms with Gasteiger partial charge in [-0.15, -0.1) is 0 Å². The van der Waals surface area contributed by atoms with Crippen LogP contribution < -0.4 is 5.32 Å². The van der Waals surface area contributed by atoms with E-state index in [-0.39, 0.29) is 5.41 Å². The Bertz CT molecular complexity index is 422. The predicted octanol–water partition coefficient (Wildman–Crippen LogP) is 3.37. The van der Waals surface area contributed by atoms with Crippen molar-refractivity contribution in [3.8, 4) is 0 Å². The van der Waals surface area contributed by atoms with Gasteiger partial charge in [0.05, 0.1) is 12.7 Å². The van der Waals surface area contributed by atoms with Gasteiger partial charge < -0.3 is 14.8 Å². The molecule has 0 unspecified atom stereocenters. The number of ether oxygens (including phenoxy) is 2. The topological polar surface area (TPSA) is 30.5 Å². The molecule has 1 heterocycles. The minimum absolute atomic E-state index is 0.227. The fourth-order valence-corrected chi connectivity index (χ4v) is 3.12. The molecule has 2 atom stereocenters. The summed E-state index contributed by atoms with van der Waals surface area (Å²) in [5.41, 5.74) is 2.77. The molecular weight excluding hydrogens is 262 g/mol. The Morgan fingerprint density at radius 2 is 1.86 bits per heavy atom. The van der Waals surface area contributed by atoms with Gasteiger partial charge in [0.25, 0.3) is 0 Å². The van der Waals surface area contributed by atoms with Crippen molar-refractivity contribution < 1.29 is 9.47 Å². The lowest BCUT2D eigenvalue weighted by Crippen LogP contribution is -2.36. The molecule has 0 amide bonds. The Balaban J connectivity index is 1.78. The molecule has 1 aromatic rings. The second-order valence-electron chi connectivity index (χ2n) is 7.09. The van der Waals surface area contributed by atoms with Crippen LogP contribution in [0.15, 0.2) is 24.3 Å². The largest absolute Gasteiger partial charge is 0.380 e. The second-order valence-corrected chi connectivity index (χ2v) is 7.09. The molecule has 1 aliphatic heterocycles. The van der Waals surface area contributed by atoms with Crippen molar-refractivity contribution >= 4 is 0 Å². The maximum Gasteiger partial charge on any atom is 0.0713 e. The summed E-state index contributed by atoms with van der Waals surface area (Å²) in [6.45, 7) is 10.3. The molecule has 0 spiro atoms. The van der Waals surface area contributed by atoms with Crippen LogP contribution in [0.3, 0.4) is 0 Å². The monoisotopic (exact) mass is 291 g/mol. The third-order valence-corrected chi connectivity index (χ3v) is 4.14. The normalized spacial score (nSPS) is 22.7. The average Bonchev–Trinajstić information content (AvgIpc) is 2.90. The molecule has 1 aliphatic rings. The number of hydrogen-bond donors (Lipinski definition) is 1. The fourth-order valence-electron chi connectivity index (χ4n) is 3.12. The van der Waals surface area contributed by atoms with E-state index in [0.29, 0.717) is 18.6 Å². The minimum Gasteiger partial charge on any atom is -0.380 e. The lowest BCUT2D eigenvalue weighted by Gasteiger charge is -2.31. The molecule has 1 fully saturated rings. The van der Waals surface area contributed by atoms with Crippen molar-refractivity contribution in [2.75, 3.05) is 20.3 Å². The van der Waals surface area contributed by atoms with Gasteiger partial charge >= 0.3 is 0 Å². The molecule has 0 aromatic heterocycles. The Hall–Kier alpha value is -0.900. The lowest BCUT2D eigenvalue weighted by atomic mass is 9.81. The quantitative estimate of drug-likeness (QED) is 0.871. The second kappa shape index (κ2) is 7.39. The van der Waals surface area contributed by atoms with E-state index in [1.54, 1.807) is 7.11 Å². The molecule has 0 aliphatic carbocycles. The van der Waals surface area contributed by atoms with Crippen LogP contribution in [0.25, 0.3) is 0 Å². The third kappa shape index (κ3) is 4.80. The van der Waals surface area contributed by atoms with Gasteiger partial charge in [0, 0.05) is 32.7 Å². The Morgan fingerprint density at radius 3 is 2.48 bits per heavy atom. The van der Waals surface area contributed by atoms with E-state index < -0.39 is 0 Å². The fraction of sp³-hybridized carbons (Fsp3) is 0.667. The van der Waals surface area contributed by atoms with Gasteiger partial charge in [0.2, 0.25) is 0 Å². The van der Waals surface area contributed by atoms with E-state index in [1.165, 1.54) is 17.5 Å². The molecule has 1 aromatic carbocycles. The predicted molar refractivity (Wildman–Crippen MR) is 86.2 cm³/mol. The van der Waals surface area contributed by atoms with Crippen LogP contribution in [0.1, 0.15) is 38.3 Å². The number of methoxy groups -OCH3 is 1. The first kappa shape index (κ1) is 16.5. The van der Waals surface area contributed by atoms with Crippen molar-refractivity contribution in [3.05, 3.63) is 35.4 Å². The first-order valence-corrected chi connectivity index (χ1v) is 7.90. The number of hydrogen-bond acceptors (Lipinski definition) is 3. The van der Waals surface area contributed by atoms with Crippen LogP contribution in [-0.4, -0.2) is 26.4 Å². The maximum absolute atomic E-state index is 5.92. The molecule has 1 N–H and O–H groups in total. The average molecular weight is 291 g/mol. The molecule has 3 heteroatoms. The van der Waals surface area contributed by atoms with Gasteiger partial charge in [-0.3, -0.25) is 0 Å². The van der Waals surface area contributed by atoms with Gasteiger partial charge in [-0.25, -0.2) is 0 Å². The molecule has 21 heavy (non-hydrogen) atoms. The number of nitrogens with one attached hydrogen (secondary N) is 1. The van der Waals surface area contributed by atoms with Crippen LogP contribution >= 0.6 is 0 Å². The molecular formula is C18H29NO2. The zero-order valence-corrected chi connectivity index (χ0v) is 13.8. The lowest BCUT2D eigenvalue weighted by molar-refractivity contribution is 0.00721. The van der Waals surface area contributed by atoms with E-state index >= 15 is 0 Å². The molecule has 0 saturated carbocycles. The molecule has 0 bridgehead atoms. The van der Waals surface area contributed by atoms with E-state index in [2.05, 4.69) is 50.4 Å². The van der Waals surface area contributed by atoms with E-state index in [1.807, 2.05) is 0 Å². The first-order valence-electron chi connectivity index (χ1n) is 7.90. The summed E-state index contributed by atoms with van der Waals surface area (Å²) < 4.78 is 11.1. The highest BCUT2D eigenvalue weighted by Gasteiger charge is 2.36. The highest BCUT2D eigenvalue weighted by Crippen LogP contribution is 2.34. The molecule has 118 valence electrons. The van der Waals surface area contributed by atoms with Crippen LogP contribution in [0.2, 0.25) is 0 Å². The zero-order chi connectivity index (χ0) is 15.3. The van der Waals surface area contributed by atoms with Crippen LogP contribution in [-0.2, 0) is 22.6 Å². The summed E-state index contributed by atoms with van der Waals surface area (Å²) in [4.78, 5) is 0. The van der Waals surface area contributed by atoms with Crippen LogP contribution in [0.4, 0.5) is 0 Å². The summed E-state index contributed by atoms with van der Waals surface area (Å²) in [6, 6.07) is 8.62. The van der Waals surface area contributed by atoms with Crippen molar-refractivity contribution in [2.45, 2.75) is 46.4 Å². The Kier molecular flexibility index (Phi) is 5.80. The van der Waals surface area contributed by atoms with Crippen molar-refractivity contribution in [2.24, 2.45) is 11.3 Å². The number of rotatable bonds is 6. The molecule has 1 saturated heterocycles. The number of benzene rings is 1. The van der Waals surface area contributed by atoms with Gasteiger partial charge in [-0.1, -0.05) is 45.0 Å². The van der Waals surface area contributed by atoms with Crippen molar-refractivity contribution in [3.63, 3.8) is 0 Å². The zero-order valence-electron chi connectivity index (χ0n) is 13.8. The third-order valence-electron chi connectivity index (χ3n) is 4.14. The summed E-state index contributed by atoms with van der Waals surface area (Å²) in [5, 5.41) is 3.59. The standard InChI is InChI=1S/C18H29NO2/c1-18(2,3)17-16(9-10-21-17)12-19-11-14-5-7-15(8-6-14)13-20-4/h5-8,16-17,19H,9-13H2,1-4H3/t16-,17+/m1/s1. The first-order chi connectivity index (χ1) is 10.0. The van der Waals surface area contributed by atoms with Gasteiger partial charge in [0.1, 0.15) is 0 Å². The molecule has 0 radical (unpaired) electrons.